The highest BCUT2D eigenvalue weighted by atomic mass is 32.2. The SMILES string of the molecule is CC(C)(C(=O)N1CCC(c2nc3ccccc3[nH]2)CC1)S(=O)(=O)c1cccc(C(F)(F)F)c1. The lowest BCUT2D eigenvalue weighted by Crippen LogP contribution is -2.52. The van der Waals surface area contributed by atoms with Crippen molar-refractivity contribution in [1.82, 2.24) is 14.9 Å². The van der Waals surface area contributed by atoms with Gasteiger partial charge >= 0.3 is 6.18 Å². The molecule has 1 N–H and O–H groups in total. The van der Waals surface area contributed by atoms with Crippen LogP contribution in [0, 0.1) is 0 Å². The summed E-state index contributed by atoms with van der Waals surface area (Å²) in [7, 11) is -4.36. The van der Waals surface area contributed by atoms with Crippen molar-refractivity contribution in [1.29, 1.82) is 0 Å². The van der Waals surface area contributed by atoms with Crippen LogP contribution in [0.2, 0.25) is 0 Å². The third kappa shape index (κ3) is 4.23. The van der Waals surface area contributed by atoms with Crippen LogP contribution < -0.4 is 0 Å². The molecule has 2 heterocycles. The summed E-state index contributed by atoms with van der Waals surface area (Å²) in [6, 6.07) is 11.2. The Labute approximate surface area is 189 Å². The van der Waals surface area contributed by atoms with Gasteiger partial charge in [-0.3, -0.25) is 4.79 Å². The number of para-hydroxylation sites is 2. The molecular formula is C23H24F3N3O3S. The topological polar surface area (TPSA) is 83.1 Å². The van der Waals surface area contributed by atoms with Crippen molar-refractivity contribution in [2.24, 2.45) is 0 Å². The smallest absolute Gasteiger partial charge is 0.342 e. The maximum Gasteiger partial charge on any atom is 0.416 e. The van der Waals surface area contributed by atoms with Crippen LogP contribution in [0.25, 0.3) is 11.0 Å². The number of amides is 1. The number of H-pyrrole nitrogens is 1. The molecule has 0 aliphatic carbocycles. The normalized spacial score (nSPS) is 16.3. The number of likely N-dealkylation sites (tertiary alicyclic amines) is 1. The molecule has 176 valence electrons. The molecule has 0 bridgehead atoms. The van der Waals surface area contributed by atoms with Crippen molar-refractivity contribution in [3.63, 3.8) is 0 Å². The fourth-order valence-corrected chi connectivity index (χ4v) is 5.64. The van der Waals surface area contributed by atoms with Gasteiger partial charge in [0.05, 0.1) is 21.5 Å². The Morgan fingerprint density at radius 3 is 2.36 bits per heavy atom. The molecule has 3 aromatic rings. The van der Waals surface area contributed by atoms with E-state index in [1.807, 2.05) is 24.3 Å². The van der Waals surface area contributed by atoms with Gasteiger partial charge in [-0.05, 0) is 57.0 Å². The zero-order valence-corrected chi connectivity index (χ0v) is 19.0. The number of imidazole rings is 1. The highest BCUT2D eigenvalue weighted by Crippen LogP contribution is 2.35. The number of carbonyl (C=O) groups is 1. The summed E-state index contributed by atoms with van der Waals surface area (Å²) in [5.41, 5.74) is 0.720. The molecule has 0 atom stereocenters. The van der Waals surface area contributed by atoms with E-state index >= 15 is 0 Å². The molecule has 1 aliphatic heterocycles. The number of piperidine rings is 1. The number of nitrogens with one attached hydrogen (secondary N) is 1. The quantitative estimate of drug-likeness (QED) is 0.596. The lowest BCUT2D eigenvalue weighted by Gasteiger charge is -2.36. The molecule has 33 heavy (non-hydrogen) atoms. The second kappa shape index (κ2) is 8.16. The Bertz CT molecular complexity index is 1260. The van der Waals surface area contributed by atoms with Gasteiger partial charge in [0, 0.05) is 19.0 Å². The molecule has 6 nitrogen and oxygen atoms in total. The van der Waals surface area contributed by atoms with E-state index in [2.05, 4.69) is 9.97 Å². The van der Waals surface area contributed by atoms with Crippen LogP contribution in [0.1, 0.15) is 44.0 Å². The number of nitrogens with zero attached hydrogens (tertiary/aromatic N) is 2. The van der Waals surface area contributed by atoms with Gasteiger partial charge in [-0.1, -0.05) is 18.2 Å². The molecule has 0 unspecified atom stereocenters. The molecule has 1 amide bonds. The van der Waals surface area contributed by atoms with Crippen LogP contribution in [-0.2, 0) is 20.8 Å². The van der Waals surface area contributed by atoms with E-state index in [9.17, 15) is 26.4 Å². The largest absolute Gasteiger partial charge is 0.416 e. The highest BCUT2D eigenvalue weighted by molar-refractivity contribution is 7.93. The van der Waals surface area contributed by atoms with Crippen LogP contribution in [-0.4, -0.2) is 47.0 Å². The number of fused-ring (bicyclic) bond motifs is 1. The lowest BCUT2D eigenvalue weighted by molar-refractivity contribution is -0.137. The lowest BCUT2D eigenvalue weighted by atomic mass is 9.95. The van der Waals surface area contributed by atoms with Gasteiger partial charge in [0.25, 0.3) is 0 Å². The van der Waals surface area contributed by atoms with Gasteiger partial charge in [-0.25, -0.2) is 13.4 Å². The molecule has 0 radical (unpaired) electrons. The number of benzene rings is 2. The van der Waals surface area contributed by atoms with Crippen LogP contribution in [0.4, 0.5) is 13.2 Å². The zero-order valence-electron chi connectivity index (χ0n) is 18.2. The summed E-state index contributed by atoms with van der Waals surface area (Å²) in [6.45, 7) is 3.16. The Kier molecular flexibility index (Phi) is 5.76. The van der Waals surface area contributed by atoms with E-state index in [0.717, 1.165) is 35.1 Å². The van der Waals surface area contributed by atoms with Crippen molar-refractivity contribution in [3.8, 4) is 0 Å². The molecule has 10 heteroatoms. The molecule has 1 saturated heterocycles. The summed E-state index contributed by atoms with van der Waals surface area (Å²) >= 11 is 0. The maximum absolute atomic E-state index is 13.2. The van der Waals surface area contributed by atoms with Crippen molar-refractivity contribution in [2.75, 3.05) is 13.1 Å². The average molecular weight is 480 g/mol. The molecule has 1 aromatic heterocycles. The molecule has 4 rings (SSSR count). The van der Waals surface area contributed by atoms with Crippen molar-refractivity contribution < 1.29 is 26.4 Å². The first kappa shape index (κ1) is 23.3. The predicted octanol–water partition coefficient (Wildman–Crippen LogP) is 4.54. The first-order valence-electron chi connectivity index (χ1n) is 10.6. The zero-order chi connectivity index (χ0) is 24.0. The van der Waals surface area contributed by atoms with Crippen molar-refractivity contribution >= 4 is 26.8 Å². The van der Waals surface area contributed by atoms with E-state index < -0.39 is 37.1 Å². The molecular weight excluding hydrogens is 455 g/mol. The van der Waals surface area contributed by atoms with E-state index in [-0.39, 0.29) is 5.92 Å². The number of aromatic amines is 1. The number of aromatic nitrogens is 2. The van der Waals surface area contributed by atoms with Crippen LogP contribution in [0.15, 0.2) is 53.4 Å². The fourth-order valence-electron chi connectivity index (χ4n) is 4.15. The Morgan fingerprint density at radius 2 is 1.73 bits per heavy atom. The number of alkyl halides is 3. The second-order valence-corrected chi connectivity index (χ2v) is 11.2. The number of hydrogen-bond donors (Lipinski definition) is 1. The standard InChI is InChI=1S/C23H24F3N3O3S/c1-22(2,33(31,32)17-7-5-6-16(14-17)23(24,25)26)21(30)29-12-10-15(11-13-29)20-27-18-8-3-4-9-19(18)28-20/h3-9,14-15H,10-13H2,1-2H3,(H,27,28). The van der Waals surface area contributed by atoms with Crippen molar-refractivity contribution in [2.45, 2.75) is 48.4 Å². The molecule has 2 aromatic carbocycles. The monoisotopic (exact) mass is 479 g/mol. The first-order chi connectivity index (χ1) is 15.4. The Balaban J connectivity index is 1.50. The summed E-state index contributed by atoms with van der Waals surface area (Å²) in [4.78, 5) is 22.1. The van der Waals surface area contributed by atoms with E-state index in [0.29, 0.717) is 32.0 Å². The average Bonchev–Trinajstić information content (AvgIpc) is 3.22. The second-order valence-electron chi connectivity index (χ2n) is 8.75. The van der Waals surface area contributed by atoms with Gasteiger partial charge in [0.2, 0.25) is 5.91 Å². The van der Waals surface area contributed by atoms with Gasteiger partial charge < -0.3 is 9.88 Å². The first-order valence-corrected chi connectivity index (χ1v) is 12.1. The van der Waals surface area contributed by atoms with Gasteiger partial charge in [0.1, 0.15) is 10.6 Å². The summed E-state index contributed by atoms with van der Waals surface area (Å²) in [5.74, 6) is 0.312. The molecule has 1 fully saturated rings. The van der Waals surface area contributed by atoms with Crippen molar-refractivity contribution in [3.05, 3.63) is 59.9 Å². The van der Waals surface area contributed by atoms with Gasteiger partial charge in [-0.15, -0.1) is 0 Å². The van der Waals surface area contributed by atoms with E-state index in [4.69, 9.17) is 0 Å². The maximum atomic E-state index is 13.2. The molecule has 0 spiro atoms. The minimum atomic E-state index is -4.68. The van der Waals surface area contributed by atoms with Crippen LogP contribution in [0.3, 0.4) is 0 Å². The third-order valence-electron chi connectivity index (χ3n) is 6.24. The van der Waals surface area contributed by atoms with E-state index in [1.54, 1.807) is 0 Å². The third-order valence-corrected chi connectivity index (χ3v) is 8.63. The number of hydrogen-bond acceptors (Lipinski definition) is 4. The summed E-state index contributed by atoms with van der Waals surface area (Å²) in [6.07, 6.45) is -3.48. The number of halogens is 3. The minimum absolute atomic E-state index is 0.102. The number of carbonyl (C=O) groups excluding carboxylic acids is 1. The molecule has 1 aliphatic rings. The Hall–Kier alpha value is -2.88. The minimum Gasteiger partial charge on any atom is -0.342 e. The summed E-state index contributed by atoms with van der Waals surface area (Å²) < 4.78 is 63.6. The number of rotatable bonds is 4. The predicted molar refractivity (Wildman–Crippen MR) is 117 cm³/mol. The van der Waals surface area contributed by atoms with Crippen LogP contribution in [0.5, 0.6) is 0 Å². The number of sulfone groups is 1. The van der Waals surface area contributed by atoms with Crippen LogP contribution >= 0.6 is 0 Å². The fraction of sp³-hybridized carbons (Fsp3) is 0.391. The van der Waals surface area contributed by atoms with E-state index in [1.165, 1.54) is 18.7 Å². The highest BCUT2D eigenvalue weighted by Gasteiger charge is 2.46. The molecule has 0 saturated carbocycles. The van der Waals surface area contributed by atoms with Gasteiger partial charge in [0.15, 0.2) is 9.84 Å². The van der Waals surface area contributed by atoms with Gasteiger partial charge in [-0.2, -0.15) is 13.2 Å². The Morgan fingerprint density at radius 1 is 1.06 bits per heavy atom. The summed E-state index contributed by atoms with van der Waals surface area (Å²) in [5, 5.41) is 0.